The number of anilines is 1. The zero-order valence-electron chi connectivity index (χ0n) is 21.1. The van der Waals surface area contributed by atoms with Gasteiger partial charge in [-0.05, 0) is 45.4 Å². The molecule has 3 atom stereocenters. The normalized spacial score (nSPS) is 20.8. The van der Waals surface area contributed by atoms with E-state index in [9.17, 15) is 14.4 Å². The van der Waals surface area contributed by atoms with Crippen molar-refractivity contribution < 1.29 is 18.9 Å². The van der Waals surface area contributed by atoms with Gasteiger partial charge < -0.3 is 25.4 Å². The lowest BCUT2D eigenvalue weighted by Crippen LogP contribution is -2.56. The summed E-state index contributed by atoms with van der Waals surface area (Å²) in [7, 11) is 2.03. The van der Waals surface area contributed by atoms with E-state index >= 15 is 0 Å². The number of nitrogens with zero attached hydrogens (tertiary/aromatic N) is 6. The fourth-order valence-electron chi connectivity index (χ4n) is 4.65. The number of nitrogens with one attached hydrogen (secondary N) is 3. The Bertz CT molecular complexity index is 1350. The number of likely N-dealkylation sites (N-methyl/N-ethyl adjacent to an activating group) is 1. The third-order valence-electron chi connectivity index (χ3n) is 6.57. The first-order valence-corrected chi connectivity index (χ1v) is 13.3. The first-order chi connectivity index (χ1) is 18.2. The fourth-order valence-corrected chi connectivity index (χ4v) is 5.84. The zero-order valence-corrected chi connectivity index (χ0v) is 23.5. The molecule has 39 heavy (non-hydrogen) atoms. The Balaban J connectivity index is 0.00000353. The number of thiazole rings is 1. The molecule has 16 heteroatoms. The second kappa shape index (κ2) is 12.3. The minimum Gasteiger partial charge on any atom is -0.345 e. The number of hydrogen-bond donors (Lipinski definition) is 3. The van der Waals surface area contributed by atoms with Crippen molar-refractivity contribution in [2.24, 2.45) is 0 Å². The van der Waals surface area contributed by atoms with E-state index in [1.807, 2.05) is 7.05 Å². The molecule has 0 spiro atoms. The Morgan fingerprint density at radius 1 is 1.10 bits per heavy atom. The lowest BCUT2D eigenvalue weighted by molar-refractivity contribution is -0.136. The smallest absolute Gasteiger partial charge is 0.314 e. The molecule has 3 aromatic rings. The van der Waals surface area contributed by atoms with E-state index in [0.717, 1.165) is 30.1 Å². The molecule has 3 N–H and O–H groups in total. The van der Waals surface area contributed by atoms with Crippen LogP contribution in [-0.4, -0.2) is 73.6 Å². The maximum atomic E-state index is 13.2. The highest BCUT2D eigenvalue weighted by Gasteiger charge is 2.37. The van der Waals surface area contributed by atoms with Gasteiger partial charge in [0.25, 0.3) is 5.91 Å². The number of aryl methyl sites for hydroxylation is 1. The summed E-state index contributed by atoms with van der Waals surface area (Å²) in [5, 5.41) is 20.0. The second-order valence-electron chi connectivity index (χ2n) is 9.42. The molecule has 3 amide bonds. The van der Waals surface area contributed by atoms with Crippen LogP contribution in [0.3, 0.4) is 0 Å². The molecule has 0 bridgehead atoms. The average Bonchev–Trinajstić information content (AvgIpc) is 3.52. The topological polar surface area (TPSA) is 168 Å². The molecule has 4 heterocycles. The van der Waals surface area contributed by atoms with Crippen LogP contribution in [0.4, 0.5) is 5.82 Å². The minimum atomic E-state index is -0.905. The molecule has 0 unspecified atom stereocenters. The Kier molecular flexibility index (Phi) is 9.10. The van der Waals surface area contributed by atoms with Crippen molar-refractivity contribution in [3.63, 3.8) is 0 Å². The van der Waals surface area contributed by atoms with Crippen LogP contribution in [0.25, 0.3) is 0 Å². The van der Waals surface area contributed by atoms with E-state index in [1.54, 1.807) is 6.92 Å². The standard InChI is InChI=1S/C23H26ClN9O4S.ClH/c1-11-25-22(37-32-11)12-3-4-13(26-19(34)20(35)29-18-6-5-17(24)30-31-18)15(9-12)27-21(36)23-28-14-7-8-33(2)10-16(14)38-23;/h5-6,12-13,15H,3-4,7-10H2,1-2H3,(H,26,34)(H,27,36)(H,29,31,35);1H/t12-,13-,15+;/m0./s1. The molecule has 3 aromatic heterocycles. The zero-order chi connectivity index (χ0) is 26.8. The van der Waals surface area contributed by atoms with E-state index < -0.39 is 23.9 Å². The molecule has 2 aliphatic rings. The number of aromatic nitrogens is 5. The van der Waals surface area contributed by atoms with Crippen LogP contribution >= 0.6 is 35.3 Å². The summed E-state index contributed by atoms with van der Waals surface area (Å²) >= 11 is 7.09. The predicted octanol–water partition coefficient (Wildman–Crippen LogP) is 1.88. The van der Waals surface area contributed by atoms with E-state index in [4.69, 9.17) is 16.1 Å². The van der Waals surface area contributed by atoms with Crippen molar-refractivity contribution in [1.82, 2.24) is 40.9 Å². The van der Waals surface area contributed by atoms with Crippen LogP contribution in [-0.2, 0) is 22.6 Å². The van der Waals surface area contributed by atoms with Crippen molar-refractivity contribution >= 4 is 58.9 Å². The van der Waals surface area contributed by atoms with Crippen LogP contribution in [0, 0.1) is 6.92 Å². The first-order valence-electron chi connectivity index (χ1n) is 12.1. The molecule has 5 rings (SSSR count). The fraction of sp³-hybridized carbons (Fsp3) is 0.478. The molecule has 1 fully saturated rings. The van der Waals surface area contributed by atoms with Crippen LogP contribution in [0.2, 0.25) is 5.15 Å². The molecule has 1 saturated carbocycles. The van der Waals surface area contributed by atoms with Crippen molar-refractivity contribution in [3.8, 4) is 0 Å². The largest absolute Gasteiger partial charge is 0.345 e. The van der Waals surface area contributed by atoms with Crippen LogP contribution in [0.5, 0.6) is 0 Å². The summed E-state index contributed by atoms with van der Waals surface area (Å²) < 4.78 is 5.37. The molecule has 0 aromatic carbocycles. The number of rotatable bonds is 5. The highest BCUT2D eigenvalue weighted by molar-refractivity contribution is 7.13. The highest BCUT2D eigenvalue weighted by Crippen LogP contribution is 2.33. The average molecular weight is 597 g/mol. The lowest BCUT2D eigenvalue weighted by Gasteiger charge is -2.35. The van der Waals surface area contributed by atoms with E-state index in [2.05, 4.69) is 46.2 Å². The molecule has 0 radical (unpaired) electrons. The highest BCUT2D eigenvalue weighted by atomic mass is 35.5. The lowest BCUT2D eigenvalue weighted by atomic mass is 9.82. The Labute approximate surface area is 238 Å². The summed E-state index contributed by atoms with van der Waals surface area (Å²) in [4.78, 5) is 50.7. The summed E-state index contributed by atoms with van der Waals surface area (Å²) in [6, 6.07) is 1.88. The molecular weight excluding hydrogens is 569 g/mol. The Morgan fingerprint density at radius 3 is 2.64 bits per heavy atom. The number of hydrogen-bond acceptors (Lipinski definition) is 11. The van der Waals surface area contributed by atoms with Gasteiger partial charge in [-0.2, -0.15) is 4.98 Å². The molecule has 208 valence electrons. The van der Waals surface area contributed by atoms with Gasteiger partial charge in [-0.3, -0.25) is 14.4 Å². The molecule has 0 saturated heterocycles. The summed E-state index contributed by atoms with van der Waals surface area (Å²) in [5.41, 5.74) is 0.952. The van der Waals surface area contributed by atoms with Gasteiger partial charge in [0.05, 0.1) is 11.7 Å². The molecule has 1 aliphatic heterocycles. The van der Waals surface area contributed by atoms with E-state index in [1.165, 1.54) is 23.5 Å². The Morgan fingerprint density at radius 2 is 1.92 bits per heavy atom. The predicted molar refractivity (Wildman–Crippen MR) is 144 cm³/mol. The number of carbonyl (C=O) groups excluding carboxylic acids is 3. The van der Waals surface area contributed by atoms with Gasteiger partial charge in [0.15, 0.2) is 21.8 Å². The maximum Gasteiger partial charge on any atom is 0.314 e. The van der Waals surface area contributed by atoms with Crippen molar-refractivity contribution in [3.05, 3.63) is 44.6 Å². The van der Waals surface area contributed by atoms with Gasteiger partial charge in [-0.15, -0.1) is 33.9 Å². The second-order valence-corrected chi connectivity index (χ2v) is 10.9. The van der Waals surface area contributed by atoms with E-state index in [-0.39, 0.29) is 35.2 Å². The Hall–Kier alpha value is -3.20. The van der Waals surface area contributed by atoms with Crippen molar-refractivity contribution in [2.75, 3.05) is 18.9 Å². The van der Waals surface area contributed by atoms with Gasteiger partial charge in [0.1, 0.15) is 0 Å². The van der Waals surface area contributed by atoms with Crippen molar-refractivity contribution in [2.45, 2.75) is 57.2 Å². The van der Waals surface area contributed by atoms with Gasteiger partial charge >= 0.3 is 11.8 Å². The van der Waals surface area contributed by atoms with Crippen LogP contribution < -0.4 is 16.0 Å². The maximum absolute atomic E-state index is 13.2. The van der Waals surface area contributed by atoms with Gasteiger partial charge in [-0.25, -0.2) is 4.98 Å². The first kappa shape index (κ1) is 28.8. The number of fused-ring (bicyclic) bond motifs is 1. The minimum absolute atomic E-state index is 0. The van der Waals surface area contributed by atoms with Crippen LogP contribution in [0.15, 0.2) is 16.7 Å². The van der Waals surface area contributed by atoms with E-state index in [0.29, 0.717) is 36.0 Å². The van der Waals surface area contributed by atoms with Gasteiger partial charge in [0, 0.05) is 36.3 Å². The van der Waals surface area contributed by atoms with Gasteiger partial charge in [-0.1, -0.05) is 16.8 Å². The summed E-state index contributed by atoms with van der Waals surface area (Å²) in [6.45, 7) is 3.39. The van der Waals surface area contributed by atoms with Crippen molar-refractivity contribution in [1.29, 1.82) is 0 Å². The summed E-state index contributed by atoms with van der Waals surface area (Å²) in [5.74, 6) is -1.09. The number of halogens is 2. The monoisotopic (exact) mass is 595 g/mol. The van der Waals surface area contributed by atoms with Gasteiger partial charge in [0.2, 0.25) is 5.89 Å². The molecule has 13 nitrogen and oxygen atoms in total. The number of amides is 3. The van der Waals surface area contributed by atoms with Crippen LogP contribution in [0.1, 0.15) is 57.3 Å². The number of carbonyl (C=O) groups is 3. The molecule has 1 aliphatic carbocycles. The quantitative estimate of drug-likeness (QED) is 0.370. The summed E-state index contributed by atoms with van der Waals surface area (Å²) in [6.07, 6.45) is 2.34. The third kappa shape index (κ3) is 6.87. The third-order valence-corrected chi connectivity index (χ3v) is 7.85. The molecular formula is C23H27Cl2N9O4S. The SMILES string of the molecule is Cc1noc([C@H]2CC[C@H](NC(=O)C(=O)Nc3ccc(Cl)nn3)[C@H](NC(=O)c3nc4c(s3)CN(C)CC4)C2)n1.Cl.